The van der Waals surface area contributed by atoms with E-state index >= 15 is 0 Å². The van der Waals surface area contributed by atoms with Crippen molar-refractivity contribution in [3.05, 3.63) is 115 Å². The van der Waals surface area contributed by atoms with Crippen molar-refractivity contribution in [1.82, 2.24) is 4.57 Å². The van der Waals surface area contributed by atoms with Crippen LogP contribution in [-0.4, -0.2) is 4.57 Å². The molecule has 3 aromatic carbocycles. The quantitative estimate of drug-likeness (QED) is 0.305. The van der Waals surface area contributed by atoms with Gasteiger partial charge in [0.2, 0.25) is 0 Å². The van der Waals surface area contributed by atoms with E-state index in [-0.39, 0.29) is 0 Å². The Kier molecular flexibility index (Phi) is 2.72. The predicted molar refractivity (Wildman–Crippen MR) is 126 cm³/mol. The highest BCUT2D eigenvalue weighted by Crippen LogP contribution is 2.55. The maximum absolute atomic E-state index is 6.56. The molecule has 1 unspecified atom stereocenters. The number of para-hydroxylation sites is 1. The first-order valence-corrected chi connectivity index (χ1v) is 11.5. The standard InChI is InChI=1S/C29H17N3O2/c1-2-10-20-18(8-1)19-9-7-17-31-28(19)32(20)21-11-5-12-22-26(21)29(31)27-23(33-22)13-6-14-24(27)34-25-15-3-4-16-30(25)29/h1-17H/q+2. The lowest BCUT2D eigenvalue weighted by Gasteiger charge is -2.39. The van der Waals surface area contributed by atoms with Gasteiger partial charge in [0.05, 0.1) is 17.6 Å². The van der Waals surface area contributed by atoms with Gasteiger partial charge in [-0.2, -0.15) is 9.13 Å². The summed E-state index contributed by atoms with van der Waals surface area (Å²) in [5.41, 5.74) is 4.91. The average Bonchev–Trinajstić information content (AvgIpc) is 3.22. The molecule has 0 fully saturated rings. The minimum atomic E-state index is -0.686. The molecule has 1 atom stereocenters. The van der Waals surface area contributed by atoms with Crippen molar-refractivity contribution in [1.29, 1.82) is 0 Å². The topological polar surface area (TPSA) is 31.1 Å². The Balaban J connectivity index is 1.64. The van der Waals surface area contributed by atoms with Crippen molar-refractivity contribution in [2.24, 2.45) is 0 Å². The highest BCUT2D eigenvalue weighted by Gasteiger charge is 2.66. The van der Waals surface area contributed by atoms with Gasteiger partial charge in [-0.1, -0.05) is 24.3 Å². The van der Waals surface area contributed by atoms with Crippen LogP contribution < -0.4 is 18.6 Å². The molecule has 9 rings (SSSR count). The van der Waals surface area contributed by atoms with E-state index in [1.54, 1.807) is 0 Å². The maximum Gasteiger partial charge on any atom is 0.380 e. The van der Waals surface area contributed by atoms with Crippen LogP contribution in [0.1, 0.15) is 11.1 Å². The molecule has 0 bridgehead atoms. The molecule has 0 radical (unpaired) electrons. The van der Waals surface area contributed by atoms with Gasteiger partial charge in [0, 0.05) is 11.5 Å². The number of benzene rings is 3. The molecule has 6 aromatic rings. The summed E-state index contributed by atoms with van der Waals surface area (Å²) in [4.78, 5) is 0. The summed E-state index contributed by atoms with van der Waals surface area (Å²) >= 11 is 0. The van der Waals surface area contributed by atoms with Crippen molar-refractivity contribution < 1.29 is 18.6 Å². The molecule has 3 aliphatic rings. The Bertz CT molecular complexity index is 1870. The van der Waals surface area contributed by atoms with Crippen molar-refractivity contribution in [3.63, 3.8) is 0 Å². The van der Waals surface area contributed by atoms with Crippen molar-refractivity contribution in [2.45, 2.75) is 5.66 Å². The van der Waals surface area contributed by atoms with Gasteiger partial charge in [-0.3, -0.25) is 0 Å². The SMILES string of the molecule is c1cc2c3c(c1)Oc1cccc[n+]1C31c3c(cccc3-n3c4ccccc4c4ccc[n+]1c43)O2. The van der Waals surface area contributed by atoms with Crippen LogP contribution >= 0.6 is 0 Å². The minimum Gasteiger partial charge on any atom is -0.455 e. The van der Waals surface area contributed by atoms with E-state index in [2.05, 4.69) is 86.8 Å². The number of hydrogen-bond acceptors (Lipinski definition) is 2. The number of aromatic nitrogens is 3. The number of ether oxygens (including phenoxy) is 2. The molecule has 0 saturated carbocycles. The zero-order valence-corrected chi connectivity index (χ0v) is 18.0. The lowest BCUT2D eigenvalue weighted by Crippen LogP contribution is -2.77. The molecular formula is C29H17N3O2+2. The molecule has 3 aromatic heterocycles. The van der Waals surface area contributed by atoms with E-state index in [0.29, 0.717) is 0 Å². The van der Waals surface area contributed by atoms with E-state index in [4.69, 9.17) is 9.47 Å². The molecule has 5 heteroatoms. The third-order valence-corrected chi connectivity index (χ3v) is 7.50. The molecular weight excluding hydrogens is 422 g/mol. The zero-order chi connectivity index (χ0) is 22.0. The average molecular weight is 439 g/mol. The summed E-state index contributed by atoms with van der Waals surface area (Å²) in [5, 5.41) is 2.46. The predicted octanol–water partition coefficient (Wildman–Crippen LogP) is 5.18. The molecule has 0 aliphatic carbocycles. The lowest BCUT2D eigenvalue weighted by molar-refractivity contribution is -0.966. The van der Waals surface area contributed by atoms with Gasteiger partial charge in [0.25, 0.3) is 0 Å². The molecule has 34 heavy (non-hydrogen) atoms. The summed E-state index contributed by atoms with van der Waals surface area (Å²) < 4.78 is 20.0. The van der Waals surface area contributed by atoms with Crippen LogP contribution in [0.5, 0.6) is 23.1 Å². The smallest absolute Gasteiger partial charge is 0.380 e. The molecule has 158 valence electrons. The normalized spacial score (nSPS) is 18.0. The summed E-state index contributed by atoms with van der Waals surface area (Å²) in [5.74, 6) is 3.29. The number of nitrogens with zero attached hydrogens (tertiary/aromatic N) is 3. The second kappa shape index (κ2) is 5.46. The van der Waals surface area contributed by atoms with Gasteiger partial charge in [-0.15, -0.1) is 4.57 Å². The van der Waals surface area contributed by atoms with Crippen LogP contribution in [0.3, 0.4) is 0 Å². The molecule has 6 heterocycles. The zero-order valence-electron chi connectivity index (χ0n) is 18.0. The van der Waals surface area contributed by atoms with Gasteiger partial charge in [-0.25, -0.2) is 0 Å². The number of rotatable bonds is 0. The first kappa shape index (κ1) is 16.9. The third kappa shape index (κ3) is 1.65. The summed E-state index contributed by atoms with van der Waals surface area (Å²) in [7, 11) is 0. The molecule has 0 amide bonds. The van der Waals surface area contributed by atoms with Gasteiger partial charge >= 0.3 is 17.2 Å². The van der Waals surface area contributed by atoms with Gasteiger partial charge in [-0.05, 0) is 54.6 Å². The van der Waals surface area contributed by atoms with Crippen LogP contribution in [0, 0.1) is 0 Å². The van der Waals surface area contributed by atoms with E-state index < -0.39 is 5.66 Å². The van der Waals surface area contributed by atoms with Gasteiger partial charge < -0.3 is 9.47 Å². The number of pyridine rings is 2. The fourth-order valence-corrected chi connectivity index (χ4v) is 6.35. The van der Waals surface area contributed by atoms with Crippen LogP contribution in [0.2, 0.25) is 0 Å². The minimum absolute atomic E-state index is 0.686. The van der Waals surface area contributed by atoms with Crippen LogP contribution in [0.15, 0.2) is 103 Å². The van der Waals surface area contributed by atoms with E-state index in [0.717, 1.165) is 45.6 Å². The van der Waals surface area contributed by atoms with Crippen LogP contribution in [-0.2, 0) is 5.66 Å². The number of hydrogen-bond donors (Lipinski definition) is 0. The Morgan fingerprint density at radius 1 is 0.588 bits per heavy atom. The first-order valence-electron chi connectivity index (χ1n) is 11.5. The second-order valence-electron chi connectivity index (χ2n) is 9.03. The highest BCUT2D eigenvalue weighted by molar-refractivity contribution is 6.07. The highest BCUT2D eigenvalue weighted by atomic mass is 16.5. The summed E-state index contributed by atoms with van der Waals surface area (Å²) in [6.07, 6.45) is 4.31. The van der Waals surface area contributed by atoms with Crippen molar-refractivity contribution >= 4 is 21.9 Å². The van der Waals surface area contributed by atoms with Crippen LogP contribution in [0.4, 0.5) is 0 Å². The van der Waals surface area contributed by atoms with Crippen molar-refractivity contribution in [3.8, 4) is 28.8 Å². The Labute approximate surface area is 194 Å². The van der Waals surface area contributed by atoms with Gasteiger partial charge in [0.15, 0.2) is 28.8 Å². The largest absolute Gasteiger partial charge is 0.455 e. The van der Waals surface area contributed by atoms with Gasteiger partial charge in [0.1, 0.15) is 17.0 Å². The maximum atomic E-state index is 6.56. The first-order chi connectivity index (χ1) is 16.9. The lowest BCUT2D eigenvalue weighted by atomic mass is 9.82. The Hall–Kier alpha value is -4.64. The monoisotopic (exact) mass is 439 g/mol. The second-order valence-corrected chi connectivity index (χ2v) is 9.03. The third-order valence-electron chi connectivity index (χ3n) is 7.50. The fourth-order valence-electron chi connectivity index (χ4n) is 6.35. The van der Waals surface area contributed by atoms with E-state index in [1.807, 2.05) is 30.3 Å². The molecule has 0 N–H and O–H groups in total. The Morgan fingerprint density at radius 2 is 1.32 bits per heavy atom. The fraction of sp³-hybridized carbons (Fsp3) is 0.0345. The molecule has 1 spiro atoms. The molecule has 0 saturated heterocycles. The van der Waals surface area contributed by atoms with Crippen LogP contribution in [0.25, 0.3) is 27.6 Å². The van der Waals surface area contributed by atoms with E-state index in [1.165, 1.54) is 16.3 Å². The summed E-state index contributed by atoms with van der Waals surface area (Å²) in [6.45, 7) is 0. The molecule has 5 nitrogen and oxygen atoms in total. The molecule has 3 aliphatic heterocycles. The number of fused-ring (bicyclic) bond motifs is 5. The Morgan fingerprint density at radius 3 is 2.26 bits per heavy atom. The van der Waals surface area contributed by atoms with E-state index in [9.17, 15) is 0 Å². The summed E-state index contributed by atoms with van der Waals surface area (Å²) in [6, 6.07) is 31.6. The van der Waals surface area contributed by atoms with Crippen molar-refractivity contribution in [2.75, 3.05) is 0 Å².